The van der Waals surface area contributed by atoms with Crippen LogP contribution in [0.2, 0.25) is 0 Å². The van der Waals surface area contributed by atoms with Crippen LogP contribution in [0.5, 0.6) is 0 Å². The minimum Gasteiger partial charge on any atom is -0.382 e. The number of ether oxygens (including phenoxy) is 2. The summed E-state index contributed by atoms with van der Waals surface area (Å²) in [5.74, 6) is 0.202. The average Bonchev–Trinajstić information content (AvgIpc) is 3.06. The van der Waals surface area contributed by atoms with E-state index in [0.29, 0.717) is 32.3 Å². The van der Waals surface area contributed by atoms with E-state index in [1.807, 2.05) is 0 Å². The molecule has 1 aromatic rings. The van der Waals surface area contributed by atoms with E-state index < -0.39 is 11.6 Å². The fourth-order valence-corrected chi connectivity index (χ4v) is 2.96. The highest BCUT2D eigenvalue weighted by atomic mass is 127. The second-order valence-electron chi connectivity index (χ2n) is 6.09. The third-order valence-electron chi connectivity index (χ3n) is 4.30. The SMILES string of the molecule is CN=C(NCCc1c(F)cccc1F)N1CCC(COCCOC)C1.I. The molecule has 1 fully saturated rings. The van der Waals surface area contributed by atoms with Crippen LogP contribution in [0, 0.1) is 17.6 Å². The van der Waals surface area contributed by atoms with Crippen molar-refractivity contribution in [2.45, 2.75) is 12.8 Å². The molecule has 0 aliphatic carbocycles. The van der Waals surface area contributed by atoms with Crippen LogP contribution in [0.3, 0.4) is 0 Å². The lowest BCUT2D eigenvalue weighted by Gasteiger charge is -2.22. The Labute approximate surface area is 171 Å². The van der Waals surface area contributed by atoms with Gasteiger partial charge in [-0.3, -0.25) is 4.99 Å². The van der Waals surface area contributed by atoms with Crippen LogP contribution in [-0.2, 0) is 15.9 Å². The summed E-state index contributed by atoms with van der Waals surface area (Å²) in [6.45, 7) is 4.10. The summed E-state index contributed by atoms with van der Waals surface area (Å²) in [6.07, 6.45) is 1.31. The van der Waals surface area contributed by atoms with E-state index in [2.05, 4.69) is 15.2 Å². The summed E-state index contributed by atoms with van der Waals surface area (Å²) in [6, 6.07) is 3.93. The third-order valence-corrected chi connectivity index (χ3v) is 4.30. The molecule has 1 atom stereocenters. The number of guanidine groups is 1. The molecular weight excluding hydrogens is 455 g/mol. The average molecular weight is 483 g/mol. The van der Waals surface area contributed by atoms with Crippen molar-refractivity contribution in [2.75, 3.05) is 53.6 Å². The van der Waals surface area contributed by atoms with Gasteiger partial charge in [0.25, 0.3) is 0 Å². The summed E-state index contributed by atoms with van der Waals surface area (Å²) in [5.41, 5.74) is 0.108. The highest BCUT2D eigenvalue weighted by Crippen LogP contribution is 2.17. The van der Waals surface area contributed by atoms with Crippen LogP contribution in [0.25, 0.3) is 0 Å². The lowest BCUT2D eigenvalue weighted by atomic mass is 10.1. The molecule has 8 heteroatoms. The van der Waals surface area contributed by atoms with Crippen molar-refractivity contribution >= 4 is 29.9 Å². The Kier molecular flexibility index (Phi) is 11.0. The van der Waals surface area contributed by atoms with Gasteiger partial charge in [-0.2, -0.15) is 0 Å². The van der Waals surface area contributed by atoms with E-state index in [4.69, 9.17) is 9.47 Å². The first-order valence-electron chi connectivity index (χ1n) is 8.60. The molecule has 26 heavy (non-hydrogen) atoms. The van der Waals surface area contributed by atoms with E-state index in [1.165, 1.54) is 18.2 Å². The van der Waals surface area contributed by atoms with Gasteiger partial charge < -0.3 is 19.7 Å². The Hall–Kier alpha value is -1.00. The van der Waals surface area contributed by atoms with Gasteiger partial charge in [-0.15, -0.1) is 24.0 Å². The molecule has 2 rings (SSSR count). The van der Waals surface area contributed by atoms with Gasteiger partial charge in [0.2, 0.25) is 0 Å². The third kappa shape index (κ3) is 6.96. The van der Waals surface area contributed by atoms with Crippen LogP contribution in [0.15, 0.2) is 23.2 Å². The number of aliphatic imine (C=N–C) groups is 1. The normalized spacial score (nSPS) is 17.3. The molecule has 0 aromatic heterocycles. The fourth-order valence-electron chi connectivity index (χ4n) is 2.96. The molecule has 1 N–H and O–H groups in total. The van der Waals surface area contributed by atoms with Crippen LogP contribution < -0.4 is 5.32 Å². The van der Waals surface area contributed by atoms with Gasteiger partial charge in [0.05, 0.1) is 19.8 Å². The number of hydrogen-bond acceptors (Lipinski definition) is 3. The van der Waals surface area contributed by atoms with Gasteiger partial charge >= 0.3 is 0 Å². The minimum atomic E-state index is -0.508. The molecule has 1 aromatic carbocycles. The van der Waals surface area contributed by atoms with Crippen molar-refractivity contribution in [1.82, 2.24) is 10.2 Å². The zero-order valence-corrected chi connectivity index (χ0v) is 17.7. The smallest absolute Gasteiger partial charge is 0.193 e. The molecule has 0 spiro atoms. The number of rotatable bonds is 8. The fraction of sp³-hybridized carbons (Fsp3) is 0.611. The summed E-state index contributed by atoms with van der Waals surface area (Å²) in [5, 5.41) is 3.19. The lowest BCUT2D eigenvalue weighted by molar-refractivity contribution is 0.0536. The summed E-state index contributed by atoms with van der Waals surface area (Å²) in [4.78, 5) is 6.43. The Morgan fingerprint density at radius 2 is 2.04 bits per heavy atom. The lowest BCUT2D eigenvalue weighted by Crippen LogP contribution is -2.41. The van der Waals surface area contributed by atoms with Crippen molar-refractivity contribution in [2.24, 2.45) is 10.9 Å². The maximum atomic E-state index is 13.7. The first-order valence-corrected chi connectivity index (χ1v) is 8.60. The Bertz CT molecular complexity index is 555. The largest absolute Gasteiger partial charge is 0.382 e. The summed E-state index contributed by atoms with van der Waals surface area (Å²) in [7, 11) is 3.37. The molecule has 0 saturated carbocycles. The molecule has 0 radical (unpaired) electrons. The Morgan fingerprint density at radius 3 is 2.69 bits per heavy atom. The number of nitrogens with one attached hydrogen (secondary N) is 1. The minimum absolute atomic E-state index is 0. The number of likely N-dealkylation sites (tertiary alicyclic amines) is 1. The molecule has 0 amide bonds. The zero-order valence-electron chi connectivity index (χ0n) is 15.3. The number of nitrogens with zero attached hydrogens (tertiary/aromatic N) is 2. The highest BCUT2D eigenvalue weighted by Gasteiger charge is 2.24. The van der Waals surface area contributed by atoms with Gasteiger partial charge in [-0.1, -0.05) is 6.07 Å². The predicted molar refractivity (Wildman–Crippen MR) is 109 cm³/mol. The van der Waals surface area contributed by atoms with Crippen molar-refractivity contribution in [1.29, 1.82) is 0 Å². The first kappa shape index (κ1) is 23.0. The van der Waals surface area contributed by atoms with E-state index in [0.717, 1.165) is 25.5 Å². The van der Waals surface area contributed by atoms with Crippen molar-refractivity contribution in [3.63, 3.8) is 0 Å². The van der Waals surface area contributed by atoms with E-state index >= 15 is 0 Å². The van der Waals surface area contributed by atoms with Crippen molar-refractivity contribution in [3.8, 4) is 0 Å². The van der Waals surface area contributed by atoms with Gasteiger partial charge in [0.1, 0.15) is 11.6 Å². The van der Waals surface area contributed by atoms with Crippen LogP contribution in [0.1, 0.15) is 12.0 Å². The second-order valence-corrected chi connectivity index (χ2v) is 6.09. The van der Waals surface area contributed by atoms with E-state index in [1.54, 1.807) is 14.2 Å². The quantitative estimate of drug-likeness (QED) is 0.268. The Morgan fingerprint density at radius 1 is 1.31 bits per heavy atom. The van der Waals surface area contributed by atoms with Gasteiger partial charge in [0.15, 0.2) is 5.96 Å². The molecule has 1 aliphatic heterocycles. The second kappa shape index (κ2) is 12.4. The maximum absolute atomic E-state index is 13.7. The molecule has 1 saturated heterocycles. The number of methoxy groups -OCH3 is 1. The molecule has 5 nitrogen and oxygen atoms in total. The molecule has 0 bridgehead atoms. The van der Waals surface area contributed by atoms with E-state index in [-0.39, 0.29) is 36.0 Å². The van der Waals surface area contributed by atoms with Crippen molar-refractivity contribution < 1.29 is 18.3 Å². The van der Waals surface area contributed by atoms with Crippen LogP contribution in [0.4, 0.5) is 8.78 Å². The standard InChI is InChI=1S/C18H27F2N3O2.HI/c1-21-18(22-8-6-15-16(19)4-3-5-17(15)20)23-9-7-14(12-23)13-25-11-10-24-2;/h3-5,14H,6-13H2,1-2H3,(H,21,22);1H. The van der Waals surface area contributed by atoms with Crippen LogP contribution >= 0.6 is 24.0 Å². The van der Waals surface area contributed by atoms with Gasteiger partial charge in [-0.25, -0.2) is 8.78 Å². The van der Waals surface area contributed by atoms with E-state index in [9.17, 15) is 8.78 Å². The predicted octanol–water partition coefficient (Wildman–Crippen LogP) is 2.69. The Balaban J connectivity index is 0.00000338. The number of benzene rings is 1. The van der Waals surface area contributed by atoms with Gasteiger partial charge in [-0.05, 0) is 25.0 Å². The van der Waals surface area contributed by atoms with Crippen LogP contribution in [-0.4, -0.2) is 64.5 Å². The first-order chi connectivity index (χ1) is 12.2. The molecule has 148 valence electrons. The van der Waals surface area contributed by atoms with Gasteiger partial charge in [0, 0.05) is 45.3 Å². The zero-order chi connectivity index (χ0) is 18.1. The monoisotopic (exact) mass is 483 g/mol. The highest BCUT2D eigenvalue weighted by molar-refractivity contribution is 14.0. The molecular formula is C18H28F2IN3O2. The van der Waals surface area contributed by atoms with Crippen molar-refractivity contribution in [3.05, 3.63) is 35.4 Å². The number of halogens is 3. The molecule has 1 heterocycles. The molecule has 1 unspecified atom stereocenters. The summed E-state index contributed by atoms with van der Waals surface area (Å²) < 4.78 is 37.9. The summed E-state index contributed by atoms with van der Waals surface area (Å²) >= 11 is 0. The number of hydrogen-bond donors (Lipinski definition) is 1. The molecule has 1 aliphatic rings. The topological polar surface area (TPSA) is 46.1 Å². The maximum Gasteiger partial charge on any atom is 0.193 e.